The number of aryl methyl sites for hydroxylation is 1. The molecule has 0 bridgehead atoms. The first-order chi connectivity index (χ1) is 9.67. The molecule has 0 unspecified atom stereocenters. The molecule has 0 spiro atoms. The summed E-state index contributed by atoms with van der Waals surface area (Å²) < 4.78 is 22.5. The van der Waals surface area contributed by atoms with Crippen LogP contribution in [0.3, 0.4) is 0 Å². The molecular weight excluding hydrogens is 288 g/mol. The van der Waals surface area contributed by atoms with Gasteiger partial charge in [0.1, 0.15) is 0 Å². The molecule has 0 atom stereocenters. The third-order valence-corrected chi connectivity index (χ3v) is 6.42. The third-order valence-electron chi connectivity index (χ3n) is 3.58. The summed E-state index contributed by atoms with van der Waals surface area (Å²) in [6, 6.07) is 15.9. The lowest BCUT2D eigenvalue weighted by atomic mass is 10.1. The SMILES string of the molecule is O=S1(=O)CCc2ccccc21.c1ccc2c(c1)CSC2. The number of benzene rings is 2. The van der Waals surface area contributed by atoms with Crippen molar-refractivity contribution in [3.63, 3.8) is 0 Å². The normalized spacial score (nSPS) is 17.8. The predicted octanol–water partition coefficient (Wildman–Crippen LogP) is 3.45. The van der Waals surface area contributed by atoms with Gasteiger partial charge in [0.25, 0.3) is 0 Å². The highest BCUT2D eigenvalue weighted by Crippen LogP contribution is 2.28. The van der Waals surface area contributed by atoms with E-state index in [1.807, 2.05) is 23.9 Å². The average Bonchev–Trinajstić information content (AvgIpc) is 3.05. The predicted molar refractivity (Wildman–Crippen MR) is 83.6 cm³/mol. The molecule has 2 aliphatic rings. The van der Waals surface area contributed by atoms with Crippen molar-refractivity contribution in [1.29, 1.82) is 0 Å². The molecule has 0 aromatic heterocycles. The standard InChI is InChI=1S/C8H8O2S.C8H8S/c9-11(10)6-5-7-3-1-2-4-8(7)11;1-2-4-8-6-9-5-7(8)3-1/h1-4H,5-6H2;1-4H,5-6H2. The second kappa shape index (κ2) is 5.62. The van der Waals surface area contributed by atoms with E-state index >= 15 is 0 Å². The van der Waals surface area contributed by atoms with Crippen LogP contribution in [0.4, 0.5) is 0 Å². The van der Waals surface area contributed by atoms with E-state index in [1.165, 1.54) is 22.6 Å². The van der Waals surface area contributed by atoms with E-state index in [2.05, 4.69) is 24.3 Å². The van der Waals surface area contributed by atoms with E-state index in [0.29, 0.717) is 11.3 Å². The maximum absolute atomic E-state index is 11.3. The van der Waals surface area contributed by atoms with Gasteiger partial charge in [-0.1, -0.05) is 42.5 Å². The van der Waals surface area contributed by atoms with Crippen LogP contribution < -0.4 is 0 Å². The molecule has 0 N–H and O–H groups in total. The van der Waals surface area contributed by atoms with Crippen molar-refractivity contribution in [2.75, 3.05) is 5.75 Å². The minimum absolute atomic E-state index is 0.284. The second-order valence-electron chi connectivity index (χ2n) is 4.94. The van der Waals surface area contributed by atoms with Crippen LogP contribution in [0.1, 0.15) is 16.7 Å². The van der Waals surface area contributed by atoms with Gasteiger partial charge in [0.15, 0.2) is 9.84 Å². The van der Waals surface area contributed by atoms with Gasteiger partial charge in [0, 0.05) is 11.5 Å². The lowest BCUT2D eigenvalue weighted by Crippen LogP contribution is -1.97. The number of hydrogen-bond donors (Lipinski definition) is 0. The van der Waals surface area contributed by atoms with E-state index in [-0.39, 0.29) is 5.75 Å². The van der Waals surface area contributed by atoms with E-state index < -0.39 is 9.84 Å². The van der Waals surface area contributed by atoms with Gasteiger partial charge in [-0.15, -0.1) is 0 Å². The van der Waals surface area contributed by atoms with Gasteiger partial charge in [0.05, 0.1) is 10.6 Å². The topological polar surface area (TPSA) is 34.1 Å². The molecular formula is C16H16O2S2. The van der Waals surface area contributed by atoms with Gasteiger partial charge in [-0.3, -0.25) is 0 Å². The van der Waals surface area contributed by atoms with Crippen LogP contribution in [0.15, 0.2) is 53.4 Å². The summed E-state index contributed by atoms with van der Waals surface area (Å²) in [6.45, 7) is 0. The Labute approximate surface area is 124 Å². The lowest BCUT2D eigenvalue weighted by Gasteiger charge is -1.94. The Bertz CT molecular complexity index is 698. The molecule has 2 heterocycles. The number of fused-ring (bicyclic) bond motifs is 2. The van der Waals surface area contributed by atoms with Crippen LogP contribution in [0.5, 0.6) is 0 Å². The summed E-state index contributed by atoms with van der Waals surface area (Å²) in [6.07, 6.45) is 0.679. The highest BCUT2D eigenvalue weighted by Gasteiger charge is 2.24. The first-order valence-corrected chi connectivity index (χ1v) is 9.43. The highest BCUT2D eigenvalue weighted by molar-refractivity contribution is 7.98. The molecule has 20 heavy (non-hydrogen) atoms. The molecule has 2 aliphatic heterocycles. The Kier molecular flexibility index (Phi) is 3.85. The van der Waals surface area contributed by atoms with Gasteiger partial charge in [-0.05, 0) is 29.2 Å². The van der Waals surface area contributed by atoms with Gasteiger partial charge in [0.2, 0.25) is 0 Å². The summed E-state index contributed by atoms with van der Waals surface area (Å²) in [4.78, 5) is 0.528. The fourth-order valence-electron chi connectivity index (χ4n) is 2.48. The van der Waals surface area contributed by atoms with Crippen molar-refractivity contribution in [2.24, 2.45) is 0 Å². The van der Waals surface area contributed by atoms with Crippen LogP contribution in [-0.2, 0) is 27.8 Å². The van der Waals surface area contributed by atoms with E-state index in [0.717, 1.165) is 5.56 Å². The van der Waals surface area contributed by atoms with Gasteiger partial charge in [-0.25, -0.2) is 8.42 Å². The van der Waals surface area contributed by atoms with Gasteiger partial charge < -0.3 is 0 Å². The third kappa shape index (κ3) is 2.76. The first-order valence-electron chi connectivity index (χ1n) is 6.62. The molecule has 0 amide bonds. The van der Waals surface area contributed by atoms with Crippen LogP contribution in [0.25, 0.3) is 0 Å². The molecule has 0 saturated heterocycles. The number of rotatable bonds is 0. The molecule has 4 heteroatoms. The largest absolute Gasteiger partial charge is 0.224 e. The minimum Gasteiger partial charge on any atom is -0.224 e. The van der Waals surface area contributed by atoms with Crippen molar-refractivity contribution in [3.8, 4) is 0 Å². The molecule has 2 nitrogen and oxygen atoms in total. The Morgan fingerprint density at radius 1 is 0.800 bits per heavy atom. The highest BCUT2D eigenvalue weighted by atomic mass is 32.2. The molecule has 0 aliphatic carbocycles. The number of thioether (sulfide) groups is 1. The molecule has 104 valence electrons. The summed E-state index contributed by atoms with van der Waals surface area (Å²) in [5.74, 6) is 2.72. The van der Waals surface area contributed by atoms with E-state index in [1.54, 1.807) is 12.1 Å². The second-order valence-corrected chi connectivity index (χ2v) is 8.00. The van der Waals surface area contributed by atoms with Crippen LogP contribution >= 0.6 is 11.8 Å². The van der Waals surface area contributed by atoms with Gasteiger partial charge in [-0.2, -0.15) is 11.8 Å². The summed E-state index contributed by atoms with van der Waals surface area (Å²) in [5.41, 5.74) is 4.03. The minimum atomic E-state index is -2.91. The van der Waals surface area contributed by atoms with Crippen LogP contribution in [0, 0.1) is 0 Å². The zero-order valence-electron chi connectivity index (χ0n) is 11.1. The first kappa shape index (κ1) is 13.7. The maximum atomic E-state index is 11.3. The number of hydrogen-bond acceptors (Lipinski definition) is 3. The quantitative estimate of drug-likeness (QED) is 0.747. The summed E-state index contributed by atoms with van der Waals surface area (Å²) in [7, 11) is -2.91. The smallest absolute Gasteiger partial charge is 0.178 e. The number of sulfone groups is 1. The summed E-state index contributed by atoms with van der Waals surface area (Å²) >= 11 is 2.00. The lowest BCUT2D eigenvalue weighted by molar-refractivity contribution is 0.600. The Morgan fingerprint density at radius 3 is 1.95 bits per heavy atom. The maximum Gasteiger partial charge on any atom is 0.178 e. The van der Waals surface area contributed by atoms with E-state index in [4.69, 9.17) is 0 Å². The molecule has 0 fully saturated rings. The molecule has 0 radical (unpaired) electrons. The zero-order chi connectivity index (χ0) is 14.0. The fourth-order valence-corrected chi connectivity index (χ4v) is 5.15. The monoisotopic (exact) mass is 304 g/mol. The molecule has 2 aromatic carbocycles. The van der Waals surface area contributed by atoms with Crippen molar-refractivity contribution < 1.29 is 8.42 Å². The van der Waals surface area contributed by atoms with Crippen LogP contribution in [0.2, 0.25) is 0 Å². The van der Waals surface area contributed by atoms with Crippen molar-refractivity contribution >= 4 is 21.6 Å². The molecule has 2 aromatic rings. The van der Waals surface area contributed by atoms with Crippen molar-refractivity contribution in [3.05, 3.63) is 65.2 Å². The molecule has 0 saturated carbocycles. The zero-order valence-corrected chi connectivity index (χ0v) is 12.7. The summed E-state index contributed by atoms with van der Waals surface area (Å²) in [5, 5.41) is 0. The molecule has 4 rings (SSSR count). The Hall–Kier alpha value is -1.26. The van der Waals surface area contributed by atoms with Gasteiger partial charge >= 0.3 is 0 Å². The average molecular weight is 304 g/mol. The Morgan fingerprint density at radius 2 is 1.35 bits per heavy atom. The fraction of sp³-hybridized carbons (Fsp3) is 0.250. The van der Waals surface area contributed by atoms with Crippen molar-refractivity contribution in [1.82, 2.24) is 0 Å². The van der Waals surface area contributed by atoms with E-state index in [9.17, 15) is 8.42 Å². The van der Waals surface area contributed by atoms with Crippen LogP contribution in [-0.4, -0.2) is 14.2 Å². The van der Waals surface area contributed by atoms with Crippen molar-refractivity contribution in [2.45, 2.75) is 22.8 Å². The Balaban J connectivity index is 0.000000123.